The Morgan fingerprint density at radius 1 is 1.41 bits per heavy atom. The van der Waals surface area contributed by atoms with Crippen LogP contribution >= 0.6 is 11.6 Å². The summed E-state index contributed by atoms with van der Waals surface area (Å²) >= 11 is 5.62. The van der Waals surface area contributed by atoms with Gasteiger partial charge in [0.2, 0.25) is 5.91 Å². The third-order valence-corrected chi connectivity index (χ3v) is 3.09. The zero-order valence-corrected chi connectivity index (χ0v) is 10.2. The molecule has 1 aliphatic rings. The van der Waals surface area contributed by atoms with Gasteiger partial charge in [0.25, 0.3) is 0 Å². The highest BCUT2D eigenvalue weighted by Crippen LogP contribution is 2.31. The highest BCUT2D eigenvalue weighted by molar-refractivity contribution is 6.29. The molecule has 0 spiro atoms. The van der Waals surface area contributed by atoms with Crippen molar-refractivity contribution in [1.29, 1.82) is 5.26 Å². The minimum Gasteiger partial charge on any atom is -0.311 e. The molecular formula is C13H13ClN2O. The molecule has 0 radical (unpaired) electrons. The molecule has 0 unspecified atom stereocenters. The number of nitriles is 1. The monoisotopic (exact) mass is 248 g/mol. The van der Waals surface area contributed by atoms with Gasteiger partial charge in [-0.25, -0.2) is 0 Å². The first kappa shape index (κ1) is 11.9. The van der Waals surface area contributed by atoms with Crippen molar-refractivity contribution in [1.82, 2.24) is 0 Å². The number of carbonyl (C=O) groups is 1. The van der Waals surface area contributed by atoms with Crippen molar-refractivity contribution in [3.8, 4) is 6.07 Å². The van der Waals surface area contributed by atoms with E-state index < -0.39 is 0 Å². The number of carbonyl (C=O) groups excluding carboxylic acids is 1. The van der Waals surface area contributed by atoms with Crippen molar-refractivity contribution in [3.63, 3.8) is 0 Å². The summed E-state index contributed by atoms with van der Waals surface area (Å²) in [6.07, 6.45) is 2.37. The first-order chi connectivity index (χ1) is 8.24. The van der Waals surface area contributed by atoms with Crippen LogP contribution in [0.1, 0.15) is 18.4 Å². The smallest absolute Gasteiger partial charge is 0.241 e. The lowest BCUT2D eigenvalue weighted by Gasteiger charge is -2.21. The summed E-state index contributed by atoms with van der Waals surface area (Å²) in [6.45, 7) is 0.734. The molecule has 0 aromatic heterocycles. The summed E-state index contributed by atoms with van der Waals surface area (Å²) in [4.78, 5) is 13.5. The van der Waals surface area contributed by atoms with Crippen LogP contribution in [0.2, 0.25) is 0 Å². The summed E-state index contributed by atoms with van der Waals surface area (Å²) in [5, 5.41) is 8.73. The number of hydrogen-bond acceptors (Lipinski definition) is 2. The van der Waals surface area contributed by atoms with Crippen molar-refractivity contribution < 1.29 is 4.79 Å². The summed E-state index contributed by atoms with van der Waals surface area (Å²) in [5.41, 5.74) is 1.42. The molecule has 1 aromatic rings. The number of alkyl halides is 1. The average molecular weight is 249 g/mol. The van der Waals surface area contributed by atoms with Gasteiger partial charge >= 0.3 is 0 Å². The van der Waals surface area contributed by atoms with Crippen molar-refractivity contribution >= 4 is 23.2 Å². The molecule has 0 aliphatic heterocycles. The second-order valence-corrected chi connectivity index (χ2v) is 4.51. The summed E-state index contributed by atoms with van der Waals surface area (Å²) in [5.74, 6) is 0.522. The second kappa shape index (κ2) is 5.20. The van der Waals surface area contributed by atoms with Gasteiger partial charge in [0.1, 0.15) is 5.88 Å². The zero-order chi connectivity index (χ0) is 12.3. The number of hydrogen-bond donors (Lipinski definition) is 0. The summed E-state index contributed by atoms with van der Waals surface area (Å²) in [7, 11) is 0. The molecule has 1 saturated carbocycles. The topological polar surface area (TPSA) is 44.1 Å². The van der Waals surface area contributed by atoms with Crippen LogP contribution in [-0.2, 0) is 4.79 Å². The van der Waals surface area contributed by atoms with Crippen molar-refractivity contribution in [2.45, 2.75) is 12.8 Å². The van der Waals surface area contributed by atoms with Gasteiger partial charge in [-0.05, 0) is 43.0 Å². The highest BCUT2D eigenvalue weighted by Gasteiger charge is 2.27. The molecule has 1 fully saturated rings. The predicted molar refractivity (Wildman–Crippen MR) is 67.0 cm³/mol. The lowest BCUT2D eigenvalue weighted by Crippen LogP contribution is -2.33. The molecule has 1 aliphatic carbocycles. The predicted octanol–water partition coefficient (Wildman–Crippen LogP) is 2.54. The lowest BCUT2D eigenvalue weighted by molar-refractivity contribution is -0.116. The van der Waals surface area contributed by atoms with Crippen LogP contribution in [-0.4, -0.2) is 18.3 Å². The van der Waals surface area contributed by atoms with Crippen LogP contribution in [0.5, 0.6) is 0 Å². The van der Waals surface area contributed by atoms with E-state index in [-0.39, 0.29) is 11.8 Å². The number of anilines is 1. The van der Waals surface area contributed by atoms with Gasteiger partial charge in [-0.3, -0.25) is 4.79 Å². The zero-order valence-electron chi connectivity index (χ0n) is 9.40. The van der Waals surface area contributed by atoms with Gasteiger partial charge in [0, 0.05) is 12.2 Å². The lowest BCUT2D eigenvalue weighted by atomic mass is 10.2. The van der Waals surface area contributed by atoms with Crippen LogP contribution < -0.4 is 4.90 Å². The molecule has 4 heteroatoms. The fraction of sp³-hybridized carbons (Fsp3) is 0.385. The Balaban J connectivity index is 2.17. The Bertz CT molecular complexity index is 445. The maximum absolute atomic E-state index is 11.8. The van der Waals surface area contributed by atoms with E-state index in [0.29, 0.717) is 11.5 Å². The number of halogens is 1. The second-order valence-electron chi connectivity index (χ2n) is 4.24. The first-order valence-corrected chi connectivity index (χ1v) is 6.14. The third-order valence-electron chi connectivity index (χ3n) is 2.86. The molecule has 0 N–H and O–H groups in total. The van der Waals surface area contributed by atoms with Gasteiger partial charge in [0.05, 0.1) is 11.6 Å². The minimum atomic E-state index is -0.0803. The molecular weight excluding hydrogens is 236 g/mol. The van der Waals surface area contributed by atoms with Crippen molar-refractivity contribution in [2.24, 2.45) is 5.92 Å². The van der Waals surface area contributed by atoms with E-state index >= 15 is 0 Å². The van der Waals surface area contributed by atoms with Crippen LogP contribution in [0.4, 0.5) is 5.69 Å². The largest absolute Gasteiger partial charge is 0.311 e. The molecule has 0 saturated heterocycles. The molecule has 1 aromatic carbocycles. The minimum absolute atomic E-state index is 0.00722. The number of amides is 1. The van der Waals surface area contributed by atoms with E-state index in [4.69, 9.17) is 16.9 Å². The molecule has 1 amide bonds. The molecule has 0 bridgehead atoms. The van der Waals surface area contributed by atoms with E-state index in [1.165, 1.54) is 12.8 Å². The fourth-order valence-electron chi connectivity index (χ4n) is 1.70. The maximum atomic E-state index is 11.8. The SMILES string of the molecule is N#Cc1ccc(N(CC2CC2)C(=O)CCl)cc1. The molecule has 0 atom stereocenters. The average Bonchev–Trinajstić information content (AvgIpc) is 3.19. The molecule has 0 heterocycles. The Labute approximate surface area is 106 Å². The van der Waals surface area contributed by atoms with Gasteiger partial charge in [0.15, 0.2) is 0 Å². The third kappa shape index (κ3) is 2.98. The van der Waals surface area contributed by atoms with E-state index in [2.05, 4.69) is 6.07 Å². The van der Waals surface area contributed by atoms with Crippen LogP contribution in [0, 0.1) is 17.2 Å². The van der Waals surface area contributed by atoms with E-state index in [0.717, 1.165) is 12.2 Å². The van der Waals surface area contributed by atoms with E-state index in [1.54, 1.807) is 29.2 Å². The molecule has 17 heavy (non-hydrogen) atoms. The number of nitrogens with zero attached hydrogens (tertiary/aromatic N) is 2. The van der Waals surface area contributed by atoms with Gasteiger partial charge in [-0.15, -0.1) is 11.6 Å². The van der Waals surface area contributed by atoms with Crippen molar-refractivity contribution in [3.05, 3.63) is 29.8 Å². The quantitative estimate of drug-likeness (QED) is 0.769. The Morgan fingerprint density at radius 2 is 2.06 bits per heavy atom. The van der Waals surface area contributed by atoms with E-state index in [1.807, 2.05) is 0 Å². The van der Waals surface area contributed by atoms with Crippen LogP contribution in [0.15, 0.2) is 24.3 Å². The normalized spacial score (nSPS) is 14.1. The first-order valence-electron chi connectivity index (χ1n) is 5.61. The Morgan fingerprint density at radius 3 is 2.53 bits per heavy atom. The highest BCUT2D eigenvalue weighted by atomic mass is 35.5. The molecule has 3 nitrogen and oxygen atoms in total. The van der Waals surface area contributed by atoms with Gasteiger partial charge in [-0.2, -0.15) is 5.26 Å². The number of rotatable bonds is 4. The molecule has 88 valence electrons. The van der Waals surface area contributed by atoms with E-state index in [9.17, 15) is 4.79 Å². The Hall–Kier alpha value is -1.53. The fourth-order valence-corrected chi connectivity index (χ4v) is 1.84. The molecule has 2 rings (SSSR count). The standard InChI is InChI=1S/C13H13ClN2O/c14-7-13(17)16(9-11-1-2-11)12-5-3-10(8-15)4-6-12/h3-6,11H,1-2,7,9H2. The number of benzene rings is 1. The van der Waals surface area contributed by atoms with Gasteiger partial charge < -0.3 is 4.90 Å². The summed E-state index contributed by atoms with van der Waals surface area (Å²) < 4.78 is 0. The summed E-state index contributed by atoms with van der Waals surface area (Å²) in [6, 6.07) is 9.09. The van der Waals surface area contributed by atoms with Gasteiger partial charge in [-0.1, -0.05) is 0 Å². The Kier molecular flexibility index (Phi) is 3.65. The van der Waals surface area contributed by atoms with Crippen molar-refractivity contribution in [2.75, 3.05) is 17.3 Å². The van der Waals surface area contributed by atoms with Crippen LogP contribution in [0.3, 0.4) is 0 Å². The van der Waals surface area contributed by atoms with Crippen LogP contribution in [0.25, 0.3) is 0 Å². The maximum Gasteiger partial charge on any atom is 0.241 e.